The third kappa shape index (κ3) is 2.03. The van der Waals surface area contributed by atoms with E-state index in [0.717, 1.165) is 0 Å². The van der Waals surface area contributed by atoms with Crippen LogP contribution in [0.1, 0.15) is 33.1 Å². The van der Waals surface area contributed by atoms with Gasteiger partial charge in [0.1, 0.15) is 0 Å². The quantitative estimate of drug-likeness (QED) is 0.672. The minimum Gasteiger partial charge on any atom is -0.311 e. The summed E-state index contributed by atoms with van der Waals surface area (Å²) in [7, 11) is 0. The monoisotopic (exact) mass is 200 g/mol. The van der Waals surface area contributed by atoms with Gasteiger partial charge in [0.15, 0.2) is 0 Å². The summed E-state index contributed by atoms with van der Waals surface area (Å²) < 4.78 is 0. The Hall–Kier alpha value is 0.270. The molecule has 0 aromatic rings. The van der Waals surface area contributed by atoms with Crippen molar-refractivity contribution < 1.29 is 0 Å². The molecule has 2 rings (SSSR count). The molecule has 2 fully saturated rings. The first-order chi connectivity index (χ1) is 6.21. The Labute approximate surface area is 85.2 Å². The van der Waals surface area contributed by atoms with Gasteiger partial charge < -0.3 is 5.32 Å². The maximum absolute atomic E-state index is 3.70. The van der Waals surface area contributed by atoms with Gasteiger partial charge in [-0.15, -0.1) is 11.8 Å². The Morgan fingerprint density at radius 1 is 1.38 bits per heavy atom. The standard InChI is InChI=1S/C10H20N2S/c1-8-7-13-10(2,12-8)9-5-3-4-6-11-9/h8-9,11-12H,3-7H2,1-2H3. The van der Waals surface area contributed by atoms with Crippen molar-refractivity contribution in [1.82, 2.24) is 10.6 Å². The molecule has 3 unspecified atom stereocenters. The Morgan fingerprint density at radius 2 is 2.23 bits per heavy atom. The fourth-order valence-electron chi connectivity index (χ4n) is 2.39. The molecule has 13 heavy (non-hydrogen) atoms. The van der Waals surface area contributed by atoms with Gasteiger partial charge in [-0.3, -0.25) is 5.32 Å². The molecule has 3 atom stereocenters. The lowest BCUT2D eigenvalue weighted by Gasteiger charge is -2.37. The van der Waals surface area contributed by atoms with Crippen LogP contribution in [0.4, 0.5) is 0 Å². The van der Waals surface area contributed by atoms with Crippen molar-refractivity contribution in [2.24, 2.45) is 0 Å². The predicted octanol–water partition coefficient (Wildman–Crippen LogP) is 1.57. The van der Waals surface area contributed by atoms with Crippen LogP contribution < -0.4 is 10.6 Å². The van der Waals surface area contributed by atoms with E-state index in [2.05, 4.69) is 36.2 Å². The number of rotatable bonds is 1. The van der Waals surface area contributed by atoms with Crippen LogP contribution in [0.2, 0.25) is 0 Å². The van der Waals surface area contributed by atoms with Crippen LogP contribution in [0.3, 0.4) is 0 Å². The fourth-order valence-corrected chi connectivity index (χ4v) is 3.76. The van der Waals surface area contributed by atoms with E-state index in [1.54, 1.807) is 0 Å². The first-order valence-corrected chi connectivity index (χ1v) is 6.34. The smallest absolute Gasteiger partial charge is 0.0774 e. The van der Waals surface area contributed by atoms with Gasteiger partial charge in [-0.1, -0.05) is 6.42 Å². The van der Waals surface area contributed by atoms with Gasteiger partial charge >= 0.3 is 0 Å². The van der Waals surface area contributed by atoms with Gasteiger partial charge in [0.2, 0.25) is 0 Å². The fraction of sp³-hybridized carbons (Fsp3) is 1.00. The van der Waals surface area contributed by atoms with Crippen molar-refractivity contribution in [2.45, 2.75) is 50.1 Å². The number of piperidine rings is 1. The van der Waals surface area contributed by atoms with E-state index in [4.69, 9.17) is 0 Å². The molecule has 0 aromatic carbocycles. The highest BCUT2D eigenvalue weighted by Gasteiger charge is 2.40. The van der Waals surface area contributed by atoms with E-state index in [0.29, 0.717) is 17.0 Å². The lowest BCUT2D eigenvalue weighted by molar-refractivity contribution is 0.298. The van der Waals surface area contributed by atoms with Crippen LogP contribution in [0.15, 0.2) is 0 Å². The van der Waals surface area contributed by atoms with E-state index >= 15 is 0 Å². The van der Waals surface area contributed by atoms with Crippen molar-refractivity contribution in [3.05, 3.63) is 0 Å². The van der Waals surface area contributed by atoms with E-state index in [1.165, 1.54) is 31.6 Å². The van der Waals surface area contributed by atoms with Crippen molar-refractivity contribution >= 4 is 11.8 Å². The zero-order valence-corrected chi connectivity index (χ0v) is 9.41. The molecule has 76 valence electrons. The summed E-state index contributed by atoms with van der Waals surface area (Å²) in [6, 6.07) is 1.36. The first kappa shape index (κ1) is 9.81. The van der Waals surface area contributed by atoms with Crippen molar-refractivity contribution in [2.75, 3.05) is 12.3 Å². The minimum atomic E-state index is 0.292. The Morgan fingerprint density at radius 3 is 2.77 bits per heavy atom. The lowest BCUT2D eigenvalue weighted by atomic mass is 9.98. The molecule has 0 radical (unpaired) electrons. The highest BCUT2D eigenvalue weighted by Crippen LogP contribution is 2.35. The second-order valence-electron chi connectivity index (χ2n) is 4.47. The molecule has 0 amide bonds. The zero-order chi connectivity index (χ0) is 9.31. The minimum absolute atomic E-state index is 0.292. The molecule has 2 N–H and O–H groups in total. The van der Waals surface area contributed by atoms with Crippen LogP contribution >= 0.6 is 11.8 Å². The second-order valence-corrected chi connectivity index (χ2v) is 5.94. The molecule has 0 bridgehead atoms. The average Bonchev–Trinajstić information content (AvgIpc) is 2.49. The van der Waals surface area contributed by atoms with Crippen molar-refractivity contribution in [1.29, 1.82) is 0 Å². The van der Waals surface area contributed by atoms with Crippen LogP contribution in [0.5, 0.6) is 0 Å². The maximum atomic E-state index is 3.70. The molecule has 0 saturated carbocycles. The van der Waals surface area contributed by atoms with Gasteiger partial charge in [0, 0.05) is 17.8 Å². The average molecular weight is 200 g/mol. The van der Waals surface area contributed by atoms with E-state index in [-0.39, 0.29) is 0 Å². The highest BCUT2D eigenvalue weighted by molar-refractivity contribution is 8.00. The van der Waals surface area contributed by atoms with Gasteiger partial charge in [-0.05, 0) is 33.2 Å². The molecule has 2 aliphatic heterocycles. The van der Waals surface area contributed by atoms with E-state index < -0.39 is 0 Å². The third-order valence-electron chi connectivity index (χ3n) is 3.14. The Balaban J connectivity index is 1.97. The molecule has 2 saturated heterocycles. The lowest BCUT2D eigenvalue weighted by Crippen LogP contribution is -2.55. The molecule has 0 aromatic heterocycles. The van der Waals surface area contributed by atoms with Crippen LogP contribution in [-0.2, 0) is 0 Å². The summed E-state index contributed by atoms with van der Waals surface area (Å²) in [5.41, 5.74) is 0. The maximum Gasteiger partial charge on any atom is 0.0774 e. The van der Waals surface area contributed by atoms with E-state index in [9.17, 15) is 0 Å². The highest BCUT2D eigenvalue weighted by atomic mass is 32.2. The van der Waals surface area contributed by atoms with Gasteiger partial charge in [0.05, 0.1) is 4.87 Å². The summed E-state index contributed by atoms with van der Waals surface area (Å²) in [6.45, 7) is 5.84. The van der Waals surface area contributed by atoms with Crippen molar-refractivity contribution in [3.63, 3.8) is 0 Å². The van der Waals surface area contributed by atoms with Crippen LogP contribution in [0.25, 0.3) is 0 Å². The summed E-state index contributed by atoms with van der Waals surface area (Å²) in [6.07, 6.45) is 4.08. The number of hydrogen-bond acceptors (Lipinski definition) is 3. The molecule has 2 aliphatic rings. The molecule has 2 heterocycles. The largest absolute Gasteiger partial charge is 0.311 e. The number of hydrogen-bond donors (Lipinski definition) is 2. The first-order valence-electron chi connectivity index (χ1n) is 5.36. The summed E-state index contributed by atoms with van der Waals surface area (Å²) in [4.78, 5) is 0.292. The zero-order valence-electron chi connectivity index (χ0n) is 8.60. The molecule has 2 nitrogen and oxygen atoms in total. The molecule has 0 aliphatic carbocycles. The van der Waals surface area contributed by atoms with Crippen LogP contribution in [-0.4, -0.2) is 29.3 Å². The number of nitrogens with one attached hydrogen (secondary N) is 2. The van der Waals surface area contributed by atoms with Gasteiger partial charge in [0.25, 0.3) is 0 Å². The summed E-state index contributed by atoms with van der Waals surface area (Å²) in [5, 5.41) is 7.34. The molecule has 0 spiro atoms. The van der Waals surface area contributed by atoms with Crippen molar-refractivity contribution in [3.8, 4) is 0 Å². The normalized spacial score (nSPS) is 46.6. The topological polar surface area (TPSA) is 24.1 Å². The summed E-state index contributed by atoms with van der Waals surface area (Å²) in [5.74, 6) is 1.26. The van der Waals surface area contributed by atoms with Crippen LogP contribution in [0, 0.1) is 0 Å². The third-order valence-corrected chi connectivity index (χ3v) is 4.81. The SMILES string of the molecule is CC1CSC(C)(C2CCCCN2)N1. The molecule has 3 heteroatoms. The van der Waals surface area contributed by atoms with E-state index in [1.807, 2.05) is 0 Å². The Bertz CT molecular complexity index is 180. The summed E-state index contributed by atoms with van der Waals surface area (Å²) >= 11 is 2.09. The van der Waals surface area contributed by atoms with Gasteiger partial charge in [-0.2, -0.15) is 0 Å². The molecular weight excluding hydrogens is 180 g/mol. The van der Waals surface area contributed by atoms with Gasteiger partial charge in [-0.25, -0.2) is 0 Å². The predicted molar refractivity (Wildman–Crippen MR) is 59.1 cm³/mol. The number of thioether (sulfide) groups is 1. The second kappa shape index (κ2) is 3.79. The Kier molecular flexibility index (Phi) is 2.86. The molecular formula is C10H20N2S.